The highest BCUT2D eigenvalue weighted by Gasteiger charge is 2.20. The van der Waals surface area contributed by atoms with Crippen LogP contribution in [0, 0.1) is 5.82 Å². The summed E-state index contributed by atoms with van der Waals surface area (Å²) in [5, 5.41) is 8.65. The van der Waals surface area contributed by atoms with E-state index in [1.807, 2.05) is 0 Å². The van der Waals surface area contributed by atoms with Gasteiger partial charge in [-0.2, -0.15) is 0 Å². The van der Waals surface area contributed by atoms with E-state index in [1.54, 1.807) is 13.8 Å². The van der Waals surface area contributed by atoms with Crippen LogP contribution < -0.4 is 10.5 Å². The molecule has 0 saturated carbocycles. The smallest absolute Gasteiger partial charge is 0.335 e. The summed E-state index contributed by atoms with van der Waals surface area (Å²) in [4.78, 5) is 10.6. The molecule has 0 heterocycles. The Morgan fingerprint density at radius 1 is 1.56 bits per heavy atom. The van der Waals surface area contributed by atoms with Gasteiger partial charge >= 0.3 is 5.97 Å². The number of aromatic carboxylic acids is 1. The maximum Gasteiger partial charge on any atom is 0.335 e. The lowest BCUT2D eigenvalue weighted by atomic mass is 10.1. The maximum atomic E-state index is 13.4. The highest BCUT2D eigenvalue weighted by Crippen LogP contribution is 2.22. The molecule has 0 amide bonds. The molecule has 0 aliphatic rings. The SMILES string of the molecule is CC(C)(CN)Oc1ccc(C(=O)O)cc1F. The largest absolute Gasteiger partial charge is 0.483 e. The Balaban J connectivity index is 2.96. The first-order chi connectivity index (χ1) is 7.35. The van der Waals surface area contributed by atoms with Gasteiger partial charge in [0.2, 0.25) is 0 Å². The highest BCUT2D eigenvalue weighted by molar-refractivity contribution is 5.87. The molecule has 88 valence electrons. The molecule has 0 aliphatic carbocycles. The number of benzene rings is 1. The summed E-state index contributed by atoms with van der Waals surface area (Å²) in [7, 11) is 0. The van der Waals surface area contributed by atoms with Crippen molar-refractivity contribution in [3.05, 3.63) is 29.6 Å². The van der Waals surface area contributed by atoms with E-state index in [0.717, 1.165) is 6.07 Å². The number of rotatable bonds is 4. The molecule has 5 heteroatoms. The van der Waals surface area contributed by atoms with Crippen LogP contribution in [-0.2, 0) is 0 Å². The van der Waals surface area contributed by atoms with Crippen molar-refractivity contribution in [1.82, 2.24) is 0 Å². The van der Waals surface area contributed by atoms with Crippen LogP contribution >= 0.6 is 0 Å². The standard InChI is InChI=1S/C11H14FNO3/c1-11(2,6-13)16-9-4-3-7(10(14)15)5-8(9)12/h3-5H,6,13H2,1-2H3,(H,14,15). The molecule has 0 atom stereocenters. The molecule has 1 aromatic rings. The molecule has 0 unspecified atom stereocenters. The number of hydrogen-bond acceptors (Lipinski definition) is 3. The third-order valence-electron chi connectivity index (χ3n) is 2.06. The summed E-state index contributed by atoms with van der Waals surface area (Å²) < 4.78 is 18.8. The predicted octanol–water partition coefficient (Wildman–Crippen LogP) is 1.64. The van der Waals surface area contributed by atoms with Gasteiger partial charge in [0.25, 0.3) is 0 Å². The molecule has 0 spiro atoms. The van der Waals surface area contributed by atoms with Gasteiger partial charge in [-0.3, -0.25) is 0 Å². The summed E-state index contributed by atoms with van der Waals surface area (Å²) in [5.74, 6) is -1.88. The van der Waals surface area contributed by atoms with E-state index < -0.39 is 17.4 Å². The maximum absolute atomic E-state index is 13.4. The summed E-state index contributed by atoms with van der Waals surface area (Å²) in [6.45, 7) is 3.67. The van der Waals surface area contributed by atoms with E-state index in [-0.39, 0.29) is 17.9 Å². The minimum absolute atomic E-state index is 0.000417. The van der Waals surface area contributed by atoms with Crippen LogP contribution in [0.4, 0.5) is 4.39 Å². The summed E-state index contributed by atoms with van der Waals surface area (Å²) in [6, 6.07) is 3.49. The molecule has 0 aromatic heterocycles. The number of nitrogens with two attached hydrogens (primary N) is 1. The average Bonchev–Trinajstić information content (AvgIpc) is 2.20. The third-order valence-corrected chi connectivity index (χ3v) is 2.06. The van der Waals surface area contributed by atoms with Crippen LogP contribution in [0.1, 0.15) is 24.2 Å². The molecular formula is C11H14FNO3. The molecular weight excluding hydrogens is 213 g/mol. The van der Waals surface area contributed by atoms with Gasteiger partial charge in [-0.05, 0) is 32.0 Å². The number of carboxylic acid groups (broad SMARTS) is 1. The number of carbonyl (C=O) groups is 1. The summed E-state index contributed by atoms with van der Waals surface area (Å²) in [6.07, 6.45) is 0. The van der Waals surface area contributed by atoms with Crippen LogP contribution in [0.3, 0.4) is 0 Å². The summed E-state index contributed by atoms with van der Waals surface area (Å²) in [5.41, 5.74) is 4.64. The topological polar surface area (TPSA) is 72.5 Å². The molecule has 0 saturated heterocycles. The van der Waals surface area contributed by atoms with Crippen LogP contribution in [0.25, 0.3) is 0 Å². The number of hydrogen-bond donors (Lipinski definition) is 2. The van der Waals surface area contributed by atoms with Gasteiger partial charge in [0, 0.05) is 6.54 Å². The van der Waals surface area contributed by atoms with Gasteiger partial charge in [-0.15, -0.1) is 0 Å². The Morgan fingerprint density at radius 2 is 2.19 bits per heavy atom. The van der Waals surface area contributed by atoms with Crippen molar-refractivity contribution in [3.8, 4) is 5.75 Å². The summed E-state index contributed by atoms with van der Waals surface area (Å²) >= 11 is 0. The molecule has 0 radical (unpaired) electrons. The van der Waals surface area contributed by atoms with E-state index in [4.69, 9.17) is 15.6 Å². The lowest BCUT2D eigenvalue weighted by Gasteiger charge is -2.24. The monoisotopic (exact) mass is 227 g/mol. The molecule has 3 N–H and O–H groups in total. The first-order valence-electron chi connectivity index (χ1n) is 4.77. The predicted molar refractivity (Wildman–Crippen MR) is 57.1 cm³/mol. The zero-order valence-electron chi connectivity index (χ0n) is 9.16. The molecule has 4 nitrogen and oxygen atoms in total. The van der Waals surface area contributed by atoms with Crippen molar-refractivity contribution in [2.75, 3.05) is 6.54 Å². The quantitative estimate of drug-likeness (QED) is 0.820. The van der Waals surface area contributed by atoms with Crippen molar-refractivity contribution in [2.45, 2.75) is 19.4 Å². The second-order valence-electron chi connectivity index (χ2n) is 4.02. The van der Waals surface area contributed by atoms with Gasteiger partial charge in [0.05, 0.1) is 5.56 Å². The molecule has 1 aromatic carbocycles. The van der Waals surface area contributed by atoms with Crippen molar-refractivity contribution in [3.63, 3.8) is 0 Å². The first kappa shape index (κ1) is 12.4. The van der Waals surface area contributed by atoms with Crippen molar-refractivity contribution in [1.29, 1.82) is 0 Å². The van der Waals surface area contributed by atoms with Gasteiger partial charge in [-0.1, -0.05) is 0 Å². The van der Waals surface area contributed by atoms with E-state index >= 15 is 0 Å². The van der Waals surface area contributed by atoms with E-state index in [0.29, 0.717) is 0 Å². The van der Waals surface area contributed by atoms with Crippen molar-refractivity contribution in [2.24, 2.45) is 5.73 Å². The Labute approximate surface area is 92.8 Å². The van der Waals surface area contributed by atoms with E-state index in [1.165, 1.54) is 12.1 Å². The Hall–Kier alpha value is -1.62. The second-order valence-corrected chi connectivity index (χ2v) is 4.02. The lowest BCUT2D eigenvalue weighted by molar-refractivity contribution is 0.0696. The zero-order valence-corrected chi connectivity index (χ0v) is 9.16. The third kappa shape index (κ3) is 2.93. The molecule has 0 bridgehead atoms. The van der Waals surface area contributed by atoms with E-state index in [9.17, 15) is 9.18 Å². The molecule has 0 fully saturated rings. The Kier molecular flexibility index (Phi) is 3.49. The highest BCUT2D eigenvalue weighted by atomic mass is 19.1. The van der Waals surface area contributed by atoms with E-state index in [2.05, 4.69) is 0 Å². The Bertz CT molecular complexity index is 404. The Morgan fingerprint density at radius 3 is 2.62 bits per heavy atom. The van der Waals surface area contributed by atoms with Gasteiger partial charge < -0.3 is 15.6 Å². The van der Waals surface area contributed by atoms with Crippen LogP contribution in [0.2, 0.25) is 0 Å². The van der Waals surface area contributed by atoms with Crippen LogP contribution in [0.15, 0.2) is 18.2 Å². The van der Waals surface area contributed by atoms with Crippen molar-refractivity contribution >= 4 is 5.97 Å². The second kappa shape index (κ2) is 4.49. The minimum atomic E-state index is -1.18. The molecule has 1 rings (SSSR count). The number of ether oxygens (including phenoxy) is 1. The average molecular weight is 227 g/mol. The minimum Gasteiger partial charge on any atom is -0.483 e. The van der Waals surface area contributed by atoms with Gasteiger partial charge in [0.1, 0.15) is 5.60 Å². The molecule has 16 heavy (non-hydrogen) atoms. The lowest BCUT2D eigenvalue weighted by Crippen LogP contribution is -2.37. The number of carboxylic acids is 1. The van der Waals surface area contributed by atoms with Gasteiger partial charge in [0.15, 0.2) is 11.6 Å². The fourth-order valence-corrected chi connectivity index (χ4v) is 1.06. The fourth-order valence-electron chi connectivity index (χ4n) is 1.06. The van der Waals surface area contributed by atoms with Crippen LogP contribution in [-0.4, -0.2) is 23.2 Å². The van der Waals surface area contributed by atoms with Crippen molar-refractivity contribution < 1.29 is 19.0 Å². The number of halogens is 1. The zero-order chi connectivity index (χ0) is 12.3. The van der Waals surface area contributed by atoms with Crippen LogP contribution in [0.5, 0.6) is 5.75 Å². The normalized spacial score (nSPS) is 11.2. The van der Waals surface area contributed by atoms with Gasteiger partial charge in [-0.25, -0.2) is 9.18 Å². The molecule has 0 aliphatic heterocycles. The fraction of sp³-hybridized carbons (Fsp3) is 0.364. The first-order valence-corrected chi connectivity index (χ1v) is 4.77.